The van der Waals surface area contributed by atoms with Crippen LogP contribution in [0.4, 0.5) is 0 Å². The van der Waals surface area contributed by atoms with E-state index in [1.807, 2.05) is 57.1 Å². The molecule has 7 heteroatoms. The monoisotopic (exact) mass is 492 g/mol. The summed E-state index contributed by atoms with van der Waals surface area (Å²) in [6.07, 6.45) is 3.88. The van der Waals surface area contributed by atoms with Crippen molar-refractivity contribution < 1.29 is 9.53 Å². The number of likely N-dealkylation sites (N-methyl/N-ethyl adjacent to an activating group) is 1. The maximum atomic E-state index is 12.4. The summed E-state index contributed by atoms with van der Waals surface area (Å²) >= 11 is 0. The number of likely N-dealkylation sites (tertiary alicyclic amines) is 1. The molecule has 3 aromatic rings. The lowest BCUT2D eigenvalue weighted by atomic mass is 9.94. The number of nitrogens with zero attached hydrogens (tertiary/aromatic N) is 3. The number of piperidine rings is 1. The third kappa shape index (κ3) is 5.21. The Morgan fingerprint density at radius 3 is 2.50 bits per heavy atom. The normalized spacial score (nSPS) is 14.9. The number of fused-ring (bicyclic) bond motifs is 1. The Hall–Kier alpha value is -3.06. The number of carbonyl (C=O) groups excluding carboxylic acids is 1. The van der Waals surface area contributed by atoms with Gasteiger partial charge in [0.1, 0.15) is 5.75 Å². The second kappa shape index (κ2) is 10.5. The molecule has 0 unspecified atom stereocenters. The smallest absolute Gasteiger partial charge is 0.253 e. The van der Waals surface area contributed by atoms with Gasteiger partial charge >= 0.3 is 0 Å². The van der Waals surface area contributed by atoms with E-state index < -0.39 is 0 Å². The molecule has 1 aliphatic rings. The van der Waals surface area contributed by atoms with Crippen LogP contribution in [-0.2, 0) is 11.8 Å². The molecule has 1 N–H and O–H groups in total. The van der Waals surface area contributed by atoms with Gasteiger partial charge in [-0.05, 0) is 81.9 Å². The molecule has 194 valence electrons. The van der Waals surface area contributed by atoms with E-state index in [0.29, 0.717) is 25.0 Å². The number of rotatable bonds is 7. The molecule has 1 aliphatic heterocycles. The van der Waals surface area contributed by atoms with Crippen molar-refractivity contribution in [2.45, 2.75) is 46.5 Å². The lowest BCUT2D eigenvalue weighted by Gasteiger charge is -2.32. The van der Waals surface area contributed by atoms with E-state index >= 15 is 0 Å². The first-order valence-electron chi connectivity index (χ1n) is 12.9. The molecular weight excluding hydrogens is 452 g/mol. The minimum Gasteiger partial charge on any atom is -0.493 e. The van der Waals surface area contributed by atoms with Crippen LogP contribution >= 0.6 is 0 Å². The molecule has 4 rings (SSSR count). The number of carbonyl (C=O) groups is 1. The Balaban J connectivity index is 1.53. The van der Waals surface area contributed by atoms with Crippen molar-refractivity contribution >= 4 is 16.8 Å². The van der Waals surface area contributed by atoms with E-state index in [2.05, 4.69) is 31.0 Å². The van der Waals surface area contributed by atoms with E-state index in [9.17, 15) is 9.59 Å². The molecule has 0 atom stereocenters. The van der Waals surface area contributed by atoms with Gasteiger partial charge in [0.05, 0.1) is 18.8 Å². The zero-order valence-electron chi connectivity index (χ0n) is 22.8. The molecule has 36 heavy (non-hydrogen) atoms. The first-order chi connectivity index (χ1) is 17.1. The Labute approximate surface area is 214 Å². The van der Waals surface area contributed by atoms with E-state index in [1.54, 1.807) is 4.57 Å². The Kier molecular flexibility index (Phi) is 7.59. The number of H-pyrrole nitrogens is 1. The van der Waals surface area contributed by atoms with Crippen LogP contribution in [0.5, 0.6) is 5.75 Å². The summed E-state index contributed by atoms with van der Waals surface area (Å²) < 4.78 is 7.94. The van der Waals surface area contributed by atoms with Crippen LogP contribution in [0.15, 0.2) is 29.2 Å². The number of aryl methyl sites for hydroxylation is 1. The van der Waals surface area contributed by atoms with Crippen LogP contribution < -0.4 is 10.3 Å². The van der Waals surface area contributed by atoms with Crippen LogP contribution in [0.1, 0.15) is 49.3 Å². The maximum Gasteiger partial charge on any atom is 0.253 e. The summed E-state index contributed by atoms with van der Waals surface area (Å²) in [6, 6.07) is 6.26. The summed E-state index contributed by atoms with van der Waals surface area (Å²) in [5.74, 6) is 1.82. The van der Waals surface area contributed by atoms with Gasteiger partial charge in [-0.25, -0.2) is 0 Å². The lowest BCUT2D eigenvalue weighted by Crippen LogP contribution is -2.43. The Morgan fingerprint density at radius 1 is 1.17 bits per heavy atom. The topological polar surface area (TPSA) is 70.6 Å². The molecule has 1 amide bonds. The van der Waals surface area contributed by atoms with Crippen LogP contribution in [0.3, 0.4) is 0 Å². The molecule has 1 aromatic carbocycles. The van der Waals surface area contributed by atoms with Crippen molar-refractivity contribution in [3.8, 4) is 17.0 Å². The zero-order valence-corrected chi connectivity index (χ0v) is 22.8. The molecule has 3 heterocycles. The van der Waals surface area contributed by atoms with E-state index in [-0.39, 0.29) is 11.5 Å². The fourth-order valence-corrected chi connectivity index (χ4v) is 5.26. The summed E-state index contributed by atoms with van der Waals surface area (Å²) in [5, 5.41) is 1.16. The van der Waals surface area contributed by atoms with E-state index in [0.717, 1.165) is 65.0 Å². The highest BCUT2D eigenvalue weighted by Gasteiger charge is 2.24. The summed E-state index contributed by atoms with van der Waals surface area (Å²) in [6.45, 7) is 11.1. The van der Waals surface area contributed by atoms with Crippen molar-refractivity contribution in [1.82, 2.24) is 19.4 Å². The third-order valence-corrected chi connectivity index (χ3v) is 7.49. The highest BCUT2D eigenvalue weighted by atomic mass is 16.5. The third-order valence-electron chi connectivity index (χ3n) is 7.49. The average molecular weight is 493 g/mol. The second-order valence-corrected chi connectivity index (χ2v) is 10.9. The van der Waals surface area contributed by atoms with Gasteiger partial charge in [-0.2, -0.15) is 0 Å². The number of pyridine rings is 1. The van der Waals surface area contributed by atoms with E-state index in [1.165, 1.54) is 5.56 Å². The van der Waals surface area contributed by atoms with E-state index in [4.69, 9.17) is 4.74 Å². The van der Waals surface area contributed by atoms with Gasteiger partial charge in [-0.3, -0.25) is 9.59 Å². The number of nitrogens with one attached hydrogen (secondary N) is 1. The first kappa shape index (κ1) is 26.0. The minimum atomic E-state index is 0.0436. The highest BCUT2D eigenvalue weighted by molar-refractivity contribution is 5.92. The predicted molar refractivity (Wildman–Crippen MR) is 146 cm³/mol. The molecule has 7 nitrogen and oxygen atoms in total. The number of ether oxygens (including phenoxy) is 1. The number of benzene rings is 1. The van der Waals surface area contributed by atoms with Crippen molar-refractivity contribution in [1.29, 1.82) is 0 Å². The van der Waals surface area contributed by atoms with Gasteiger partial charge in [0.2, 0.25) is 5.91 Å². The molecule has 1 saturated heterocycles. The molecule has 1 fully saturated rings. The van der Waals surface area contributed by atoms with Gasteiger partial charge in [0.25, 0.3) is 5.56 Å². The molecule has 0 saturated carbocycles. The van der Waals surface area contributed by atoms with Crippen LogP contribution in [0, 0.1) is 19.8 Å². The van der Waals surface area contributed by atoms with Gasteiger partial charge in [0.15, 0.2) is 0 Å². The largest absolute Gasteiger partial charge is 0.493 e. The summed E-state index contributed by atoms with van der Waals surface area (Å²) in [7, 11) is 5.67. The standard InChI is InChI=1S/C29H40N4O3/c1-18(2)27-23-14-22(36-17-21-10-12-33(13-11-21)26(34)16-31(5)6)8-9-25(23)30-28(27)24-15-32(7)29(35)20(4)19(24)3/h8-9,14-15,18,21,30H,10-13,16-17H2,1-7H3. The quantitative estimate of drug-likeness (QED) is 0.529. The molecule has 0 bridgehead atoms. The highest BCUT2D eigenvalue weighted by Crippen LogP contribution is 2.38. The van der Waals surface area contributed by atoms with Crippen molar-refractivity contribution in [3.63, 3.8) is 0 Å². The second-order valence-electron chi connectivity index (χ2n) is 10.9. The molecule has 0 aliphatic carbocycles. The van der Waals surface area contributed by atoms with Crippen molar-refractivity contribution in [2.24, 2.45) is 13.0 Å². The number of hydrogen-bond donors (Lipinski definition) is 1. The number of amides is 1. The van der Waals surface area contributed by atoms with Crippen molar-refractivity contribution in [3.05, 3.63) is 51.4 Å². The van der Waals surface area contributed by atoms with Crippen LogP contribution in [0.25, 0.3) is 22.2 Å². The molecule has 2 aromatic heterocycles. The average Bonchev–Trinajstić information content (AvgIpc) is 3.22. The fraction of sp³-hybridized carbons (Fsp3) is 0.517. The Morgan fingerprint density at radius 2 is 1.86 bits per heavy atom. The van der Waals surface area contributed by atoms with Gasteiger partial charge in [-0.1, -0.05) is 13.8 Å². The predicted octanol–water partition coefficient (Wildman–Crippen LogP) is 4.45. The van der Waals surface area contributed by atoms with Gasteiger partial charge in [0, 0.05) is 48.4 Å². The maximum absolute atomic E-state index is 12.4. The Bertz CT molecular complexity index is 1310. The number of aromatic nitrogens is 2. The van der Waals surface area contributed by atoms with Crippen LogP contribution in [-0.4, -0.2) is 65.6 Å². The van der Waals surface area contributed by atoms with Crippen molar-refractivity contribution in [2.75, 3.05) is 40.3 Å². The summed E-state index contributed by atoms with van der Waals surface area (Å²) in [5.41, 5.74) is 6.28. The molecule has 0 radical (unpaired) electrons. The molecular formula is C29H40N4O3. The zero-order chi connectivity index (χ0) is 26.1. The minimum absolute atomic E-state index is 0.0436. The van der Waals surface area contributed by atoms with Crippen LogP contribution in [0.2, 0.25) is 0 Å². The molecule has 0 spiro atoms. The fourth-order valence-electron chi connectivity index (χ4n) is 5.26. The van der Waals surface area contributed by atoms with Gasteiger partial charge < -0.3 is 24.1 Å². The van der Waals surface area contributed by atoms with Gasteiger partial charge in [-0.15, -0.1) is 0 Å². The number of aromatic amines is 1. The first-order valence-corrected chi connectivity index (χ1v) is 12.9. The summed E-state index contributed by atoms with van der Waals surface area (Å²) in [4.78, 5) is 32.3. The lowest BCUT2D eigenvalue weighted by molar-refractivity contribution is -0.133. The SMILES string of the molecule is Cc1c(-c2[nH]c3ccc(OCC4CCN(C(=O)CN(C)C)CC4)cc3c2C(C)C)cn(C)c(=O)c1C. The number of hydrogen-bond acceptors (Lipinski definition) is 4.